The summed E-state index contributed by atoms with van der Waals surface area (Å²) in [6.07, 6.45) is -2.04. The van der Waals surface area contributed by atoms with Gasteiger partial charge in [0, 0.05) is 5.92 Å². The number of benzene rings is 2. The third-order valence-corrected chi connectivity index (χ3v) is 6.19. The molecule has 2 aromatic rings. The van der Waals surface area contributed by atoms with E-state index in [0.717, 1.165) is 16.0 Å². The van der Waals surface area contributed by atoms with Crippen LogP contribution >= 0.6 is 0 Å². The van der Waals surface area contributed by atoms with Crippen LogP contribution in [0.15, 0.2) is 60.7 Å². The molecule has 7 nitrogen and oxygen atoms in total. The van der Waals surface area contributed by atoms with Crippen LogP contribution < -0.4 is 0 Å². The fourth-order valence-corrected chi connectivity index (χ4v) is 4.36. The molecule has 4 rings (SSSR count). The molecule has 1 heterocycles. The smallest absolute Gasteiger partial charge is 0.410 e. The molecule has 0 aromatic heterocycles. The Labute approximate surface area is 184 Å². The summed E-state index contributed by atoms with van der Waals surface area (Å²) in [6.45, 7) is -0.529. The molecule has 168 valence electrons. The van der Waals surface area contributed by atoms with Gasteiger partial charge in [0.05, 0.1) is 12.0 Å². The van der Waals surface area contributed by atoms with Gasteiger partial charge in [0.1, 0.15) is 25.4 Å². The number of carboxylic acids is 1. The number of halogens is 1. The molecule has 8 heteroatoms. The average molecular weight is 441 g/mol. The first-order chi connectivity index (χ1) is 15.4. The Morgan fingerprint density at radius 1 is 0.938 bits per heavy atom. The second-order valence-electron chi connectivity index (χ2n) is 8.23. The van der Waals surface area contributed by atoms with Crippen LogP contribution in [0.2, 0.25) is 0 Å². The summed E-state index contributed by atoms with van der Waals surface area (Å²) < 4.78 is 25.8. The predicted molar refractivity (Wildman–Crippen MR) is 111 cm³/mol. The molecule has 1 unspecified atom stereocenters. The van der Waals surface area contributed by atoms with Gasteiger partial charge in [-0.2, -0.15) is 0 Å². The Kier molecular flexibility index (Phi) is 6.12. The van der Waals surface area contributed by atoms with Crippen molar-refractivity contribution in [2.75, 3.05) is 6.54 Å². The monoisotopic (exact) mass is 441 g/mol. The number of rotatable bonds is 7. The van der Waals surface area contributed by atoms with Gasteiger partial charge in [-0.3, -0.25) is 9.69 Å². The Balaban J connectivity index is 1.53. The quantitative estimate of drug-likeness (QED) is 0.661. The number of nitrogens with zero attached hydrogens (tertiary/aromatic N) is 1. The molecular formula is C24H24FNO6. The molecule has 32 heavy (non-hydrogen) atoms. The third kappa shape index (κ3) is 4.30. The maximum absolute atomic E-state index is 15.1. The van der Waals surface area contributed by atoms with Gasteiger partial charge in [-0.25, -0.2) is 14.0 Å². The maximum atomic E-state index is 15.1. The summed E-state index contributed by atoms with van der Waals surface area (Å²) in [7, 11) is 0. The van der Waals surface area contributed by atoms with Crippen molar-refractivity contribution in [2.24, 2.45) is 11.3 Å². The molecule has 1 aliphatic carbocycles. The van der Waals surface area contributed by atoms with Gasteiger partial charge in [0.25, 0.3) is 0 Å². The first kappa shape index (κ1) is 21.8. The zero-order valence-corrected chi connectivity index (χ0v) is 17.4. The minimum absolute atomic E-state index is 0.0480. The van der Waals surface area contributed by atoms with Gasteiger partial charge in [-0.15, -0.1) is 0 Å². The first-order valence-corrected chi connectivity index (χ1v) is 10.5. The average Bonchev–Trinajstić information content (AvgIpc) is 3.54. The number of esters is 1. The Bertz CT molecular complexity index is 978. The minimum atomic E-state index is -1.67. The highest BCUT2D eigenvalue weighted by Crippen LogP contribution is 2.57. The molecule has 0 bridgehead atoms. The van der Waals surface area contributed by atoms with E-state index in [9.17, 15) is 19.5 Å². The van der Waals surface area contributed by atoms with Crippen molar-refractivity contribution in [2.45, 2.75) is 38.3 Å². The van der Waals surface area contributed by atoms with Crippen LogP contribution in [0.5, 0.6) is 0 Å². The van der Waals surface area contributed by atoms with Crippen molar-refractivity contribution < 1.29 is 33.4 Å². The maximum Gasteiger partial charge on any atom is 0.410 e. The Morgan fingerprint density at radius 2 is 1.47 bits per heavy atom. The lowest BCUT2D eigenvalue weighted by atomic mass is 9.82. The second-order valence-corrected chi connectivity index (χ2v) is 8.23. The van der Waals surface area contributed by atoms with Crippen LogP contribution in [0.1, 0.15) is 24.0 Å². The molecule has 1 saturated carbocycles. The Morgan fingerprint density at radius 3 is 1.97 bits per heavy atom. The van der Waals surface area contributed by atoms with E-state index in [4.69, 9.17) is 9.47 Å². The number of amides is 1. The van der Waals surface area contributed by atoms with Crippen LogP contribution in [0.3, 0.4) is 0 Å². The standard InChI is InChI=1S/C24H24FNO6/c25-18-13-26(23(30)32-15-17-9-5-2-6-10-17)20(19(18)24(11-12-24)22(28)29)21(27)31-14-16-7-3-1-4-8-16/h1-10,18-20H,11-15H2,(H,28,29)/t18-,19-,20?/m1/s1. The molecule has 2 aliphatic rings. The third-order valence-electron chi connectivity index (χ3n) is 6.19. The van der Waals surface area contributed by atoms with Crippen molar-refractivity contribution >= 4 is 18.0 Å². The summed E-state index contributed by atoms with van der Waals surface area (Å²) in [5.74, 6) is -3.18. The number of likely N-dealkylation sites (tertiary alicyclic amines) is 1. The number of carboxylic acid groups (broad SMARTS) is 1. The number of alkyl halides is 1. The van der Waals surface area contributed by atoms with Crippen molar-refractivity contribution in [3.8, 4) is 0 Å². The highest BCUT2D eigenvalue weighted by Gasteiger charge is 2.67. The molecule has 0 radical (unpaired) electrons. The van der Waals surface area contributed by atoms with Gasteiger partial charge in [-0.1, -0.05) is 60.7 Å². The van der Waals surface area contributed by atoms with Crippen LogP contribution in [-0.4, -0.2) is 46.8 Å². The highest BCUT2D eigenvalue weighted by molar-refractivity contribution is 5.86. The SMILES string of the molecule is O=C(OCc1ccccc1)C1[C@H](C2(C(=O)O)CC2)[C@H](F)CN1C(=O)OCc1ccccc1. The second kappa shape index (κ2) is 8.98. The molecule has 3 atom stereocenters. The van der Waals surface area contributed by atoms with Gasteiger partial charge < -0.3 is 14.6 Å². The lowest BCUT2D eigenvalue weighted by molar-refractivity contribution is -0.155. The normalized spacial score (nSPS) is 23.4. The van der Waals surface area contributed by atoms with Gasteiger partial charge >= 0.3 is 18.0 Å². The number of ether oxygens (including phenoxy) is 2. The minimum Gasteiger partial charge on any atom is -0.481 e. The zero-order chi connectivity index (χ0) is 22.7. The summed E-state index contributed by atoms with van der Waals surface area (Å²) in [6, 6.07) is 16.5. The van der Waals surface area contributed by atoms with E-state index in [1.165, 1.54) is 0 Å². The van der Waals surface area contributed by atoms with Crippen molar-refractivity contribution in [1.29, 1.82) is 0 Å². The number of hydrogen-bond acceptors (Lipinski definition) is 5. The van der Waals surface area contributed by atoms with E-state index in [0.29, 0.717) is 0 Å². The van der Waals surface area contributed by atoms with Crippen molar-refractivity contribution in [1.82, 2.24) is 4.90 Å². The molecular weight excluding hydrogens is 417 g/mol. The van der Waals surface area contributed by atoms with E-state index in [-0.39, 0.29) is 26.1 Å². The van der Waals surface area contributed by atoms with E-state index < -0.39 is 48.1 Å². The largest absolute Gasteiger partial charge is 0.481 e. The predicted octanol–water partition coefficient (Wildman–Crippen LogP) is 3.57. The summed E-state index contributed by atoms with van der Waals surface area (Å²) in [5.41, 5.74) is 0.0928. The summed E-state index contributed by atoms with van der Waals surface area (Å²) in [5, 5.41) is 9.71. The van der Waals surface area contributed by atoms with Crippen molar-refractivity contribution in [3.05, 3.63) is 71.8 Å². The number of aliphatic carboxylic acids is 1. The van der Waals surface area contributed by atoms with E-state index >= 15 is 4.39 Å². The molecule has 1 aliphatic heterocycles. The van der Waals surface area contributed by atoms with E-state index in [2.05, 4.69) is 0 Å². The van der Waals surface area contributed by atoms with Gasteiger partial charge in [-0.05, 0) is 24.0 Å². The van der Waals surface area contributed by atoms with Crippen LogP contribution in [0.25, 0.3) is 0 Å². The zero-order valence-electron chi connectivity index (χ0n) is 17.4. The van der Waals surface area contributed by atoms with Crippen LogP contribution in [-0.2, 0) is 32.3 Å². The van der Waals surface area contributed by atoms with Gasteiger partial charge in [0.15, 0.2) is 0 Å². The molecule has 2 aromatic carbocycles. The number of carbonyl (C=O) groups is 3. The lowest BCUT2D eigenvalue weighted by Gasteiger charge is -2.28. The van der Waals surface area contributed by atoms with Gasteiger partial charge in [0.2, 0.25) is 0 Å². The first-order valence-electron chi connectivity index (χ1n) is 10.5. The Hall–Kier alpha value is -3.42. The fourth-order valence-electron chi connectivity index (χ4n) is 4.36. The van der Waals surface area contributed by atoms with E-state index in [1.54, 1.807) is 48.5 Å². The summed E-state index contributed by atoms with van der Waals surface area (Å²) >= 11 is 0. The van der Waals surface area contributed by atoms with Crippen LogP contribution in [0, 0.1) is 11.3 Å². The highest BCUT2D eigenvalue weighted by atomic mass is 19.1. The topological polar surface area (TPSA) is 93.1 Å². The number of carbonyl (C=O) groups excluding carboxylic acids is 2. The molecule has 1 N–H and O–H groups in total. The molecule has 1 amide bonds. The van der Waals surface area contributed by atoms with Crippen molar-refractivity contribution in [3.63, 3.8) is 0 Å². The lowest BCUT2D eigenvalue weighted by Crippen LogP contribution is -2.48. The fraction of sp³-hybridized carbons (Fsp3) is 0.375. The summed E-state index contributed by atoms with van der Waals surface area (Å²) in [4.78, 5) is 38.7. The van der Waals surface area contributed by atoms with Crippen LogP contribution in [0.4, 0.5) is 9.18 Å². The molecule has 2 fully saturated rings. The van der Waals surface area contributed by atoms with E-state index in [1.807, 2.05) is 12.1 Å². The molecule has 1 saturated heterocycles. The number of hydrogen-bond donors (Lipinski definition) is 1. The molecule has 0 spiro atoms.